The number of carbonyl (C=O) groups is 2. The van der Waals surface area contributed by atoms with Gasteiger partial charge in [-0.1, -0.05) is 41.9 Å². The van der Waals surface area contributed by atoms with Gasteiger partial charge in [-0.25, -0.2) is 13.8 Å². The number of nitrogens with one attached hydrogen (secondary N) is 2. The van der Waals surface area contributed by atoms with Gasteiger partial charge in [0.2, 0.25) is 0 Å². The third kappa shape index (κ3) is 9.32. The second-order valence-electron chi connectivity index (χ2n) is 9.40. The predicted octanol–water partition coefficient (Wildman–Crippen LogP) is 4.43. The highest BCUT2D eigenvalue weighted by Gasteiger charge is 2.27. The van der Waals surface area contributed by atoms with Gasteiger partial charge in [-0.15, -0.1) is 0 Å². The number of hydrazone groups is 1. The van der Waals surface area contributed by atoms with E-state index in [1.165, 1.54) is 61.9 Å². The lowest BCUT2D eigenvalue weighted by molar-refractivity contribution is -0.123. The van der Waals surface area contributed by atoms with Crippen LogP contribution in [0.2, 0.25) is 5.02 Å². The normalized spacial score (nSPS) is 11.1. The van der Waals surface area contributed by atoms with Crippen molar-refractivity contribution in [3.8, 4) is 11.5 Å². The molecule has 0 heterocycles. The van der Waals surface area contributed by atoms with E-state index in [1.54, 1.807) is 24.3 Å². The molecule has 4 aromatic rings. The van der Waals surface area contributed by atoms with Crippen molar-refractivity contribution in [1.29, 1.82) is 0 Å². The number of hydrogen-bond acceptors (Lipinski definition) is 7. The van der Waals surface area contributed by atoms with Crippen molar-refractivity contribution in [2.75, 3.05) is 31.1 Å². The van der Waals surface area contributed by atoms with Gasteiger partial charge in [-0.2, -0.15) is 5.10 Å². The summed E-state index contributed by atoms with van der Waals surface area (Å²) in [5.41, 5.74) is 4.40. The van der Waals surface area contributed by atoms with Crippen LogP contribution >= 0.6 is 11.6 Å². The molecule has 4 aromatic carbocycles. The SMILES string of the molecule is COc1ccc(S(=O)(=O)N(CC(=O)N/N=C\c2ccc(OCC(=O)NCCc3ccccc3)cc2)c2ccc(Cl)cc2)cc1. The molecule has 228 valence electrons. The Hall–Kier alpha value is -4.87. The lowest BCUT2D eigenvalue weighted by atomic mass is 10.1. The van der Waals surface area contributed by atoms with Crippen LogP contribution < -0.4 is 24.5 Å². The molecule has 0 atom stereocenters. The van der Waals surface area contributed by atoms with Gasteiger partial charge in [0.25, 0.3) is 21.8 Å². The van der Waals surface area contributed by atoms with Crippen LogP contribution in [-0.4, -0.2) is 53.3 Å². The van der Waals surface area contributed by atoms with E-state index in [-0.39, 0.29) is 23.1 Å². The summed E-state index contributed by atoms with van der Waals surface area (Å²) in [4.78, 5) is 24.8. The number of ether oxygens (including phenoxy) is 2. The third-order valence-electron chi connectivity index (χ3n) is 6.28. The van der Waals surface area contributed by atoms with Crippen LogP contribution in [0, 0.1) is 0 Å². The monoisotopic (exact) mass is 634 g/mol. The number of rotatable bonds is 14. The molecule has 0 bridgehead atoms. The highest BCUT2D eigenvalue weighted by molar-refractivity contribution is 7.92. The smallest absolute Gasteiger partial charge is 0.264 e. The first-order valence-corrected chi connectivity index (χ1v) is 15.3. The number of nitrogens with zero attached hydrogens (tertiary/aromatic N) is 2. The maximum absolute atomic E-state index is 13.5. The Bertz CT molecular complexity index is 1670. The summed E-state index contributed by atoms with van der Waals surface area (Å²) in [5.74, 6) is 0.0999. The molecule has 2 amide bonds. The van der Waals surface area contributed by atoms with Crippen molar-refractivity contribution in [1.82, 2.24) is 10.7 Å². The highest BCUT2D eigenvalue weighted by Crippen LogP contribution is 2.26. The Kier molecular flexibility index (Phi) is 11.3. The van der Waals surface area contributed by atoms with Crippen molar-refractivity contribution >= 4 is 45.3 Å². The van der Waals surface area contributed by atoms with Gasteiger partial charge in [0.15, 0.2) is 6.61 Å². The molecule has 0 unspecified atom stereocenters. The first-order chi connectivity index (χ1) is 21.2. The minimum atomic E-state index is -4.12. The van der Waals surface area contributed by atoms with Crippen LogP contribution in [0.25, 0.3) is 0 Å². The summed E-state index contributed by atoms with van der Waals surface area (Å²) in [5, 5.41) is 7.20. The van der Waals surface area contributed by atoms with E-state index in [1.807, 2.05) is 30.3 Å². The standard InChI is InChI=1S/C32H31ClN4O6S/c1-42-28-15-17-30(18-16-28)44(40,41)37(27-11-9-26(33)10-12-27)22-31(38)36-35-21-25-7-13-29(14-8-25)43-23-32(39)34-20-19-24-5-3-2-4-6-24/h2-18,21H,19-20,22-23H2,1H3,(H,34,39)(H,36,38)/b35-21-. The Morgan fingerprint density at radius 2 is 1.52 bits per heavy atom. The fourth-order valence-electron chi connectivity index (χ4n) is 3.98. The largest absolute Gasteiger partial charge is 0.497 e. The predicted molar refractivity (Wildman–Crippen MR) is 170 cm³/mol. The number of hydrogen-bond donors (Lipinski definition) is 2. The van der Waals surface area contributed by atoms with Gasteiger partial charge < -0.3 is 14.8 Å². The number of carbonyl (C=O) groups excluding carboxylic acids is 2. The summed E-state index contributed by atoms with van der Waals surface area (Å²) < 4.78 is 38.6. The summed E-state index contributed by atoms with van der Waals surface area (Å²) >= 11 is 5.99. The molecule has 0 aliphatic carbocycles. The van der Waals surface area contributed by atoms with E-state index >= 15 is 0 Å². The van der Waals surface area contributed by atoms with Gasteiger partial charge in [-0.05, 0) is 90.3 Å². The number of halogens is 1. The number of sulfonamides is 1. The maximum Gasteiger partial charge on any atom is 0.264 e. The maximum atomic E-state index is 13.5. The van der Waals surface area contributed by atoms with Crippen LogP contribution in [-0.2, 0) is 26.0 Å². The molecule has 0 saturated carbocycles. The fraction of sp³-hybridized carbons (Fsp3) is 0.156. The summed E-state index contributed by atoms with van der Waals surface area (Å²) in [6, 6.07) is 28.6. The summed E-state index contributed by atoms with van der Waals surface area (Å²) in [6.07, 6.45) is 2.14. The van der Waals surface area contributed by atoms with Crippen molar-refractivity contribution in [2.45, 2.75) is 11.3 Å². The van der Waals surface area contributed by atoms with Gasteiger partial charge in [0.05, 0.1) is 23.9 Å². The average Bonchev–Trinajstić information content (AvgIpc) is 3.04. The molecule has 4 rings (SSSR count). The van der Waals surface area contributed by atoms with Crippen molar-refractivity contribution in [2.24, 2.45) is 5.10 Å². The second-order valence-corrected chi connectivity index (χ2v) is 11.7. The second kappa shape index (κ2) is 15.6. The molecule has 0 aliphatic rings. The molecule has 0 spiro atoms. The zero-order valence-electron chi connectivity index (χ0n) is 23.9. The molecule has 2 N–H and O–H groups in total. The summed E-state index contributed by atoms with van der Waals surface area (Å²) in [6.45, 7) is -0.145. The van der Waals surface area contributed by atoms with Gasteiger partial charge in [0.1, 0.15) is 18.0 Å². The van der Waals surface area contributed by atoms with E-state index in [0.29, 0.717) is 28.6 Å². The molecule has 0 aliphatic heterocycles. The van der Waals surface area contributed by atoms with Crippen LogP contribution in [0.4, 0.5) is 5.69 Å². The first kappa shape index (κ1) is 32.1. The van der Waals surface area contributed by atoms with E-state index in [9.17, 15) is 18.0 Å². The molecule has 44 heavy (non-hydrogen) atoms. The molecular weight excluding hydrogens is 604 g/mol. The van der Waals surface area contributed by atoms with E-state index < -0.39 is 22.5 Å². The zero-order chi connectivity index (χ0) is 31.4. The quantitative estimate of drug-likeness (QED) is 0.156. The van der Waals surface area contributed by atoms with Crippen LogP contribution in [0.3, 0.4) is 0 Å². The minimum absolute atomic E-state index is 0.0171. The Morgan fingerprint density at radius 1 is 0.864 bits per heavy atom. The number of methoxy groups -OCH3 is 1. The fourth-order valence-corrected chi connectivity index (χ4v) is 5.53. The van der Waals surface area contributed by atoms with Crippen molar-refractivity contribution in [3.05, 3.63) is 119 Å². The van der Waals surface area contributed by atoms with Crippen molar-refractivity contribution in [3.63, 3.8) is 0 Å². The van der Waals surface area contributed by atoms with Gasteiger partial charge >= 0.3 is 0 Å². The molecule has 10 nitrogen and oxygen atoms in total. The highest BCUT2D eigenvalue weighted by atomic mass is 35.5. The number of anilines is 1. The van der Waals surface area contributed by atoms with Crippen molar-refractivity contribution < 1.29 is 27.5 Å². The van der Waals surface area contributed by atoms with E-state index in [0.717, 1.165) is 16.3 Å². The number of benzene rings is 4. The summed E-state index contributed by atoms with van der Waals surface area (Å²) in [7, 11) is -2.64. The number of amides is 2. The molecule has 0 radical (unpaired) electrons. The Balaban J connectivity index is 1.30. The molecule has 12 heteroatoms. The molecule has 0 aromatic heterocycles. The average molecular weight is 635 g/mol. The molecular formula is C32H31ClN4O6S. The molecule has 0 fully saturated rings. The topological polar surface area (TPSA) is 126 Å². The minimum Gasteiger partial charge on any atom is -0.497 e. The first-order valence-electron chi connectivity index (χ1n) is 13.5. The van der Waals surface area contributed by atoms with Gasteiger partial charge in [-0.3, -0.25) is 13.9 Å². The third-order valence-corrected chi connectivity index (χ3v) is 8.32. The Labute approximate surface area is 261 Å². The van der Waals surface area contributed by atoms with Crippen LogP contribution in [0.5, 0.6) is 11.5 Å². The Morgan fingerprint density at radius 3 is 2.18 bits per heavy atom. The lowest BCUT2D eigenvalue weighted by Gasteiger charge is -2.23. The molecule has 0 saturated heterocycles. The van der Waals surface area contributed by atoms with Crippen LogP contribution in [0.15, 0.2) is 113 Å². The lowest BCUT2D eigenvalue weighted by Crippen LogP contribution is -2.39. The van der Waals surface area contributed by atoms with Gasteiger partial charge in [0, 0.05) is 11.6 Å². The van der Waals surface area contributed by atoms with Crippen LogP contribution in [0.1, 0.15) is 11.1 Å². The van der Waals surface area contributed by atoms with E-state index in [4.69, 9.17) is 21.1 Å². The van der Waals surface area contributed by atoms with E-state index in [2.05, 4.69) is 15.8 Å². The zero-order valence-corrected chi connectivity index (χ0v) is 25.4.